The average molecular weight is 421 g/mol. The molecule has 5 rings (SSSR count). The van der Waals surface area contributed by atoms with Crippen LogP contribution < -0.4 is 10.1 Å². The number of rotatable bonds is 4. The fraction of sp³-hybridized carbons (Fsp3) is 0.864. The van der Waals surface area contributed by atoms with Gasteiger partial charge in [-0.15, -0.1) is 0 Å². The van der Waals surface area contributed by atoms with Crippen molar-refractivity contribution in [1.82, 2.24) is 15.1 Å². The van der Waals surface area contributed by atoms with Gasteiger partial charge in [0.15, 0.2) is 0 Å². The topological polar surface area (TPSA) is 68.5 Å². The van der Waals surface area contributed by atoms with Gasteiger partial charge in [-0.05, 0) is 55.3 Å². The zero-order chi connectivity index (χ0) is 20.8. The molecule has 4 atom stereocenters. The van der Waals surface area contributed by atoms with Crippen LogP contribution in [0.1, 0.15) is 71.7 Å². The Morgan fingerprint density at radius 3 is 2.76 bits per heavy atom. The zero-order valence-electron chi connectivity index (χ0n) is 18.5. The molecule has 7 heteroatoms. The van der Waals surface area contributed by atoms with Gasteiger partial charge in [-0.1, -0.05) is 46.0 Å². The lowest BCUT2D eigenvalue weighted by atomic mass is 9.45. The second-order valence-corrected chi connectivity index (χ2v) is 11.7. The maximum atomic E-state index is 12.6. The highest BCUT2D eigenvalue weighted by atomic mass is 32.1. The van der Waals surface area contributed by atoms with Crippen LogP contribution in [0.15, 0.2) is 4.99 Å². The van der Waals surface area contributed by atoms with Crippen molar-refractivity contribution < 1.29 is 9.53 Å². The second-order valence-electron chi connectivity index (χ2n) is 10.8. The Bertz CT molecular complexity index is 812. The Morgan fingerprint density at radius 2 is 2.14 bits per heavy atom. The highest BCUT2D eigenvalue weighted by Gasteiger charge is 2.53. The highest BCUT2D eigenvalue weighted by molar-refractivity contribution is 7.09. The molecule has 0 aromatic carbocycles. The van der Waals surface area contributed by atoms with Crippen molar-refractivity contribution in [3.8, 4) is 0 Å². The van der Waals surface area contributed by atoms with Crippen LogP contribution in [-0.4, -0.2) is 35.1 Å². The Kier molecular flexibility index (Phi) is 5.66. The third kappa shape index (κ3) is 4.31. The van der Waals surface area contributed by atoms with E-state index >= 15 is 0 Å². The molecule has 1 aromatic heterocycles. The molecule has 3 saturated carbocycles. The second kappa shape index (κ2) is 7.80. The van der Waals surface area contributed by atoms with Crippen molar-refractivity contribution in [2.75, 3.05) is 13.2 Å². The number of hydrogen-bond acceptors (Lipinski definition) is 4. The largest absolute Gasteiger partial charge is 0.376 e. The van der Waals surface area contributed by atoms with Gasteiger partial charge in [0.25, 0.3) is 0 Å². The molecule has 4 fully saturated rings. The van der Waals surface area contributed by atoms with E-state index in [0.717, 1.165) is 42.8 Å². The van der Waals surface area contributed by atoms with E-state index in [4.69, 9.17) is 9.84 Å². The predicted molar refractivity (Wildman–Crippen MR) is 115 cm³/mol. The van der Waals surface area contributed by atoms with Crippen LogP contribution in [0.3, 0.4) is 0 Å². The minimum Gasteiger partial charge on any atom is -0.376 e. The van der Waals surface area contributed by atoms with E-state index in [-0.39, 0.29) is 17.6 Å². The van der Waals surface area contributed by atoms with E-state index in [1.807, 2.05) is 4.68 Å². The van der Waals surface area contributed by atoms with Crippen molar-refractivity contribution in [3.05, 3.63) is 9.81 Å². The molecule has 2 amide bonds. The molecule has 1 N–H and O–H groups in total. The molecule has 2 bridgehead atoms. The van der Waals surface area contributed by atoms with Gasteiger partial charge < -0.3 is 10.1 Å². The Labute approximate surface area is 178 Å². The van der Waals surface area contributed by atoms with Crippen LogP contribution >= 0.6 is 11.3 Å². The smallest absolute Gasteiger partial charge is 0.343 e. The number of fused-ring (bicyclic) bond motifs is 2. The average Bonchev–Trinajstić information content (AvgIpc) is 3.30. The van der Waals surface area contributed by atoms with Gasteiger partial charge in [0.05, 0.1) is 12.6 Å². The summed E-state index contributed by atoms with van der Waals surface area (Å²) in [6.07, 6.45) is 6.16. The van der Waals surface area contributed by atoms with Gasteiger partial charge >= 0.3 is 6.03 Å². The molecule has 1 aromatic rings. The van der Waals surface area contributed by atoms with Crippen LogP contribution in [0.4, 0.5) is 4.79 Å². The minimum absolute atomic E-state index is 0.0678. The normalized spacial score (nSPS) is 31.6. The number of carbonyl (C=O) groups excluding carboxylic acids is 1. The first-order valence-electron chi connectivity index (χ1n) is 11.2. The third-order valence-electron chi connectivity index (χ3n) is 7.38. The summed E-state index contributed by atoms with van der Waals surface area (Å²) in [6, 6.07) is -0.241. The van der Waals surface area contributed by atoms with E-state index in [1.165, 1.54) is 30.6 Å². The van der Waals surface area contributed by atoms with Crippen LogP contribution in [-0.2, 0) is 16.7 Å². The van der Waals surface area contributed by atoms with E-state index in [2.05, 4.69) is 44.9 Å². The Balaban J connectivity index is 1.45. The molecule has 2 heterocycles. The maximum Gasteiger partial charge on any atom is 0.343 e. The summed E-state index contributed by atoms with van der Waals surface area (Å²) in [5, 5.41) is 8.85. The van der Waals surface area contributed by atoms with Crippen LogP contribution in [0.2, 0.25) is 0 Å². The molecule has 29 heavy (non-hydrogen) atoms. The number of aromatic nitrogens is 2. The molecule has 1 aliphatic heterocycles. The molecule has 3 aliphatic carbocycles. The lowest BCUT2D eigenvalue weighted by molar-refractivity contribution is -0.103. The van der Waals surface area contributed by atoms with Crippen molar-refractivity contribution in [3.63, 3.8) is 0 Å². The lowest BCUT2D eigenvalue weighted by Crippen LogP contribution is -2.54. The quantitative estimate of drug-likeness (QED) is 0.797. The molecule has 1 saturated heterocycles. The number of ether oxygens (including phenoxy) is 1. The predicted octanol–water partition coefficient (Wildman–Crippen LogP) is 4.10. The molecule has 4 aliphatic rings. The first-order valence-corrected chi connectivity index (χ1v) is 12.0. The number of nitrogens with one attached hydrogen (secondary N) is 1. The van der Waals surface area contributed by atoms with Crippen molar-refractivity contribution >= 4 is 17.4 Å². The zero-order valence-corrected chi connectivity index (χ0v) is 19.3. The Hall–Kier alpha value is -1.21. The van der Waals surface area contributed by atoms with Crippen LogP contribution in [0.25, 0.3) is 0 Å². The minimum atomic E-state index is -0.241. The lowest BCUT2D eigenvalue weighted by Gasteiger charge is -2.60. The fourth-order valence-corrected chi connectivity index (χ4v) is 6.32. The van der Waals surface area contributed by atoms with Gasteiger partial charge in [-0.3, -0.25) is 0 Å². The van der Waals surface area contributed by atoms with Crippen molar-refractivity contribution in [1.29, 1.82) is 0 Å². The number of urea groups is 1. The van der Waals surface area contributed by atoms with E-state index in [0.29, 0.717) is 22.7 Å². The van der Waals surface area contributed by atoms with Gasteiger partial charge in [0.1, 0.15) is 5.01 Å². The van der Waals surface area contributed by atoms with E-state index in [1.54, 1.807) is 0 Å². The molecule has 0 spiro atoms. The number of carbonyl (C=O) groups is 1. The standard InChI is InChI=1S/C22H36N4O2S/c1-21(2,3)18-25-26(13-16-7-6-10-28-16)20(29-18)24-19(27)23-12-14-8-9-15-11-17(14)22(15,4)5/h14-17H,6-13H2,1-5H3,(H,23,27)/b24-20-/t14-,15-,16+,17-/m0/s1. The van der Waals surface area contributed by atoms with Crippen LogP contribution in [0, 0.1) is 23.2 Å². The molecular weight excluding hydrogens is 384 g/mol. The van der Waals surface area contributed by atoms with Crippen LogP contribution in [0.5, 0.6) is 0 Å². The van der Waals surface area contributed by atoms with Crippen molar-refractivity contribution in [2.24, 2.45) is 28.2 Å². The summed E-state index contributed by atoms with van der Waals surface area (Å²) < 4.78 is 7.65. The monoisotopic (exact) mass is 420 g/mol. The number of nitrogens with zero attached hydrogens (tertiary/aromatic N) is 3. The summed E-state index contributed by atoms with van der Waals surface area (Å²) in [4.78, 5) is 17.7. The maximum absolute atomic E-state index is 12.6. The molecule has 0 unspecified atom stereocenters. The molecule has 6 nitrogen and oxygen atoms in total. The van der Waals surface area contributed by atoms with Gasteiger partial charge in [-0.25, -0.2) is 9.48 Å². The van der Waals surface area contributed by atoms with E-state index < -0.39 is 0 Å². The van der Waals surface area contributed by atoms with E-state index in [9.17, 15) is 4.79 Å². The summed E-state index contributed by atoms with van der Waals surface area (Å²) in [6.45, 7) is 13.4. The van der Waals surface area contributed by atoms with Crippen molar-refractivity contribution in [2.45, 2.75) is 84.8 Å². The summed E-state index contributed by atoms with van der Waals surface area (Å²) in [5.74, 6) is 2.20. The third-order valence-corrected chi connectivity index (χ3v) is 8.75. The number of amides is 2. The molecule has 0 radical (unpaired) electrons. The number of hydrogen-bond donors (Lipinski definition) is 1. The molecule has 162 valence electrons. The summed E-state index contributed by atoms with van der Waals surface area (Å²) >= 11 is 1.52. The SMILES string of the molecule is CC(C)(C)c1nn(C[C@H]2CCCO2)/c(=N/C(=O)NC[C@@H]2CC[C@H]3C[C@@H]2C3(C)C)s1. The molecular formula is C22H36N4O2S. The Morgan fingerprint density at radius 1 is 1.34 bits per heavy atom. The first kappa shape index (κ1) is 21.0. The first-order chi connectivity index (χ1) is 13.6. The fourth-order valence-electron chi connectivity index (χ4n) is 5.35. The summed E-state index contributed by atoms with van der Waals surface area (Å²) in [5.41, 5.74) is 0.371. The van der Waals surface area contributed by atoms with Gasteiger partial charge in [0, 0.05) is 18.6 Å². The van der Waals surface area contributed by atoms with Gasteiger partial charge in [-0.2, -0.15) is 10.1 Å². The summed E-state index contributed by atoms with van der Waals surface area (Å²) in [7, 11) is 0. The highest BCUT2D eigenvalue weighted by Crippen LogP contribution is 2.61. The van der Waals surface area contributed by atoms with Gasteiger partial charge in [0.2, 0.25) is 4.80 Å².